The van der Waals surface area contributed by atoms with Crippen LogP contribution in [0.25, 0.3) is 0 Å². The lowest BCUT2D eigenvalue weighted by Crippen LogP contribution is -2.49. The highest BCUT2D eigenvalue weighted by atomic mass is 19.1. The SMILES string of the molecule is CN=C(NC1CCN(CCCOC)CC1)NC1CC1c1ccccc1F. The number of guanidine groups is 1. The van der Waals surface area contributed by atoms with Crippen molar-refractivity contribution in [3.8, 4) is 0 Å². The van der Waals surface area contributed by atoms with Crippen LogP contribution in [0.2, 0.25) is 0 Å². The van der Waals surface area contributed by atoms with Crippen molar-refractivity contribution in [2.45, 2.75) is 43.7 Å². The number of methoxy groups -OCH3 is 1. The standard InChI is InChI=1S/C20H31FN4O/c1-22-20(23-15-8-11-25(12-9-15)10-5-13-26-2)24-19-14-17(19)16-6-3-4-7-18(16)21/h3-4,6-7,15,17,19H,5,8-14H2,1-2H3,(H2,22,23,24). The zero-order valence-corrected chi connectivity index (χ0v) is 15.9. The second kappa shape index (κ2) is 9.33. The van der Waals surface area contributed by atoms with Crippen molar-refractivity contribution in [1.82, 2.24) is 15.5 Å². The van der Waals surface area contributed by atoms with Gasteiger partial charge in [0.15, 0.2) is 5.96 Å². The van der Waals surface area contributed by atoms with Crippen molar-refractivity contribution >= 4 is 5.96 Å². The molecule has 2 aliphatic rings. The minimum absolute atomic E-state index is 0.106. The summed E-state index contributed by atoms with van der Waals surface area (Å²) in [6, 6.07) is 7.79. The van der Waals surface area contributed by atoms with Crippen LogP contribution >= 0.6 is 0 Å². The van der Waals surface area contributed by atoms with E-state index in [1.54, 1.807) is 20.2 Å². The molecule has 1 aliphatic heterocycles. The van der Waals surface area contributed by atoms with Crippen molar-refractivity contribution in [3.63, 3.8) is 0 Å². The Morgan fingerprint density at radius 3 is 2.73 bits per heavy atom. The molecule has 2 atom stereocenters. The molecule has 0 spiro atoms. The van der Waals surface area contributed by atoms with Crippen molar-refractivity contribution in [1.29, 1.82) is 0 Å². The zero-order chi connectivity index (χ0) is 18.4. The number of nitrogens with one attached hydrogen (secondary N) is 2. The van der Waals surface area contributed by atoms with E-state index >= 15 is 0 Å². The van der Waals surface area contributed by atoms with Gasteiger partial charge in [0.05, 0.1) is 0 Å². The predicted octanol–water partition coefficient (Wildman–Crippen LogP) is 2.35. The third-order valence-corrected chi connectivity index (χ3v) is 5.39. The summed E-state index contributed by atoms with van der Waals surface area (Å²) in [6.45, 7) is 4.17. The number of piperidine rings is 1. The van der Waals surface area contributed by atoms with Crippen LogP contribution < -0.4 is 10.6 Å². The largest absolute Gasteiger partial charge is 0.385 e. The maximum atomic E-state index is 13.9. The number of nitrogens with zero attached hydrogens (tertiary/aromatic N) is 2. The van der Waals surface area contributed by atoms with Gasteiger partial charge in [0.25, 0.3) is 0 Å². The fourth-order valence-corrected chi connectivity index (χ4v) is 3.75. The zero-order valence-electron chi connectivity index (χ0n) is 15.9. The Morgan fingerprint density at radius 2 is 2.04 bits per heavy atom. The van der Waals surface area contributed by atoms with Crippen molar-refractivity contribution < 1.29 is 9.13 Å². The van der Waals surface area contributed by atoms with Gasteiger partial charge in [0, 0.05) is 58.4 Å². The lowest BCUT2D eigenvalue weighted by atomic mass is 10.1. The Morgan fingerprint density at radius 1 is 1.27 bits per heavy atom. The van der Waals surface area contributed by atoms with E-state index in [4.69, 9.17) is 4.74 Å². The molecule has 3 rings (SSSR count). The molecule has 2 N–H and O–H groups in total. The number of ether oxygens (including phenoxy) is 1. The van der Waals surface area contributed by atoms with E-state index in [1.165, 1.54) is 6.07 Å². The van der Waals surface area contributed by atoms with Gasteiger partial charge in [0.1, 0.15) is 5.82 Å². The maximum Gasteiger partial charge on any atom is 0.191 e. The van der Waals surface area contributed by atoms with Crippen molar-refractivity contribution in [2.75, 3.05) is 40.4 Å². The van der Waals surface area contributed by atoms with Crippen LogP contribution in [0.15, 0.2) is 29.3 Å². The normalized spacial score (nSPS) is 24.5. The Kier molecular flexibility index (Phi) is 6.86. The molecule has 1 saturated heterocycles. The van der Waals surface area contributed by atoms with Crippen molar-refractivity contribution in [3.05, 3.63) is 35.6 Å². The molecule has 1 heterocycles. The van der Waals surface area contributed by atoms with Crippen LogP contribution in [0.5, 0.6) is 0 Å². The summed E-state index contributed by atoms with van der Waals surface area (Å²) in [6.07, 6.45) is 4.29. The van der Waals surface area contributed by atoms with Gasteiger partial charge in [-0.3, -0.25) is 4.99 Å². The van der Waals surface area contributed by atoms with E-state index in [2.05, 4.69) is 20.5 Å². The molecule has 0 radical (unpaired) electrons. The van der Waals surface area contributed by atoms with Gasteiger partial charge in [-0.2, -0.15) is 0 Å². The molecular weight excluding hydrogens is 331 g/mol. The first-order valence-corrected chi connectivity index (χ1v) is 9.67. The Bertz CT molecular complexity index is 601. The van der Waals surface area contributed by atoms with Crippen molar-refractivity contribution in [2.24, 2.45) is 4.99 Å². The Balaban J connectivity index is 1.40. The number of rotatable bonds is 7. The highest BCUT2D eigenvalue weighted by Gasteiger charge is 2.40. The number of benzene rings is 1. The smallest absolute Gasteiger partial charge is 0.191 e. The van der Waals surface area contributed by atoms with Gasteiger partial charge in [-0.05, 0) is 37.3 Å². The molecule has 2 fully saturated rings. The van der Waals surface area contributed by atoms with E-state index in [0.29, 0.717) is 6.04 Å². The average Bonchev–Trinajstić information content (AvgIpc) is 3.42. The lowest BCUT2D eigenvalue weighted by Gasteiger charge is -2.33. The maximum absolute atomic E-state index is 13.9. The number of aliphatic imine (C=N–C) groups is 1. The fraction of sp³-hybridized carbons (Fsp3) is 0.650. The van der Waals surface area contributed by atoms with Crippen LogP contribution in [-0.4, -0.2) is 63.3 Å². The van der Waals surface area contributed by atoms with Crippen LogP contribution in [0.4, 0.5) is 4.39 Å². The summed E-state index contributed by atoms with van der Waals surface area (Å²) >= 11 is 0. The second-order valence-corrected chi connectivity index (χ2v) is 7.29. The third kappa shape index (κ3) is 5.17. The first kappa shape index (κ1) is 19.1. The van der Waals surface area contributed by atoms with E-state index in [9.17, 15) is 4.39 Å². The van der Waals surface area contributed by atoms with Gasteiger partial charge in [-0.25, -0.2) is 4.39 Å². The molecule has 2 unspecified atom stereocenters. The van der Waals surface area contributed by atoms with E-state index in [1.807, 2.05) is 12.1 Å². The Labute approximate surface area is 156 Å². The van der Waals surface area contributed by atoms with Crippen LogP contribution in [0.3, 0.4) is 0 Å². The summed E-state index contributed by atoms with van der Waals surface area (Å²) in [4.78, 5) is 6.87. The molecule has 1 aromatic rings. The number of likely N-dealkylation sites (tertiary alicyclic amines) is 1. The summed E-state index contributed by atoms with van der Waals surface area (Å²) in [5.74, 6) is 0.981. The summed E-state index contributed by atoms with van der Waals surface area (Å²) in [5.41, 5.74) is 0.810. The van der Waals surface area contributed by atoms with E-state index in [-0.39, 0.29) is 17.8 Å². The van der Waals surface area contributed by atoms with Crippen LogP contribution in [-0.2, 0) is 4.74 Å². The molecule has 144 valence electrons. The quantitative estimate of drug-likeness (QED) is 0.444. The monoisotopic (exact) mass is 362 g/mol. The molecule has 1 aliphatic carbocycles. The first-order chi connectivity index (χ1) is 12.7. The number of hydrogen-bond acceptors (Lipinski definition) is 3. The van der Waals surface area contributed by atoms with E-state index in [0.717, 1.165) is 63.4 Å². The molecule has 1 saturated carbocycles. The van der Waals surface area contributed by atoms with Gasteiger partial charge < -0.3 is 20.3 Å². The second-order valence-electron chi connectivity index (χ2n) is 7.29. The highest BCUT2D eigenvalue weighted by molar-refractivity contribution is 5.80. The molecule has 26 heavy (non-hydrogen) atoms. The fourth-order valence-electron chi connectivity index (χ4n) is 3.75. The summed E-state index contributed by atoms with van der Waals surface area (Å²) in [5, 5.41) is 7.00. The predicted molar refractivity (Wildman–Crippen MR) is 103 cm³/mol. The topological polar surface area (TPSA) is 48.9 Å². The van der Waals surface area contributed by atoms with Gasteiger partial charge in [-0.1, -0.05) is 18.2 Å². The van der Waals surface area contributed by atoms with Gasteiger partial charge in [-0.15, -0.1) is 0 Å². The molecule has 0 aromatic heterocycles. The minimum atomic E-state index is -0.106. The van der Waals surface area contributed by atoms with Crippen LogP contribution in [0, 0.1) is 5.82 Å². The first-order valence-electron chi connectivity index (χ1n) is 9.67. The minimum Gasteiger partial charge on any atom is -0.385 e. The number of halogens is 1. The summed E-state index contributed by atoms with van der Waals surface area (Å²) < 4.78 is 19.0. The number of hydrogen-bond donors (Lipinski definition) is 2. The van der Waals surface area contributed by atoms with Gasteiger partial charge in [0.2, 0.25) is 0 Å². The van der Waals surface area contributed by atoms with Gasteiger partial charge >= 0.3 is 0 Å². The molecule has 1 aromatic carbocycles. The Hall–Kier alpha value is -1.66. The molecule has 5 nitrogen and oxygen atoms in total. The summed E-state index contributed by atoms with van der Waals surface area (Å²) in [7, 11) is 3.56. The molecular formula is C20H31FN4O. The lowest BCUT2D eigenvalue weighted by molar-refractivity contribution is 0.155. The average molecular weight is 362 g/mol. The third-order valence-electron chi connectivity index (χ3n) is 5.39. The van der Waals surface area contributed by atoms with Crippen LogP contribution in [0.1, 0.15) is 37.2 Å². The molecule has 0 amide bonds. The molecule has 6 heteroatoms. The van der Waals surface area contributed by atoms with E-state index < -0.39 is 0 Å². The highest BCUT2D eigenvalue weighted by Crippen LogP contribution is 2.41. The molecule has 0 bridgehead atoms.